The third-order valence-corrected chi connectivity index (χ3v) is 3.25. The Morgan fingerprint density at radius 1 is 1.33 bits per heavy atom. The Kier molecular flexibility index (Phi) is 5.51. The Bertz CT molecular complexity index is 566. The van der Waals surface area contributed by atoms with E-state index in [2.05, 4.69) is 4.98 Å². The van der Waals surface area contributed by atoms with E-state index in [1.807, 2.05) is 30.3 Å². The van der Waals surface area contributed by atoms with Gasteiger partial charge in [-0.25, -0.2) is 4.98 Å². The number of aryl methyl sites for hydroxylation is 1. The second-order valence-electron chi connectivity index (χ2n) is 4.88. The van der Waals surface area contributed by atoms with E-state index in [4.69, 9.17) is 9.52 Å². The normalized spacial score (nSPS) is 10.6. The molecule has 1 heterocycles. The Balaban J connectivity index is 1.82. The van der Waals surface area contributed by atoms with Gasteiger partial charge in [-0.1, -0.05) is 30.3 Å². The van der Waals surface area contributed by atoms with Crippen LogP contribution >= 0.6 is 0 Å². The van der Waals surface area contributed by atoms with Crippen LogP contribution in [0.15, 0.2) is 40.9 Å². The molecule has 5 heteroatoms. The minimum absolute atomic E-state index is 0.0115. The van der Waals surface area contributed by atoms with E-state index in [-0.39, 0.29) is 12.5 Å². The van der Waals surface area contributed by atoms with Crippen molar-refractivity contribution in [3.05, 3.63) is 42.4 Å². The van der Waals surface area contributed by atoms with Crippen LogP contribution in [0.2, 0.25) is 0 Å². The second kappa shape index (κ2) is 7.59. The molecule has 2 aromatic rings. The molecule has 0 saturated heterocycles. The molecule has 0 radical (unpaired) electrons. The fourth-order valence-corrected chi connectivity index (χ4v) is 2.02. The molecule has 112 valence electrons. The third kappa shape index (κ3) is 4.43. The molecule has 1 amide bonds. The summed E-state index contributed by atoms with van der Waals surface area (Å²) in [6, 6.07) is 9.80. The van der Waals surface area contributed by atoms with Crippen molar-refractivity contribution in [2.45, 2.75) is 19.3 Å². The minimum atomic E-state index is -0.0115. The van der Waals surface area contributed by atoms with Gasteiger partial charge in [0.15, 0.2) is 11.7 Å². The maximum atomic E-state index is 11.7. The zero-order valence-electron chi connectivity index (χ0n) is 12.2. The number of benzene rings is 1. The summed E-state index contributed by atoms with van der Waals surface area (Å²) in [5, 5.41) is 8.78. The number of likely N-dealkylation sites (N-methyl/N-ethyl adjacent to an activating group) is 1. The lowest BCUT2D eigenvalue weighted by molar-refractivity contribution is -0.130. The highest BCUT2D eigenvalue weighted by Crippen LogP contribution is 2.20. The predicted molar refractivity (Wildman–Crippen MR) is 79.6 cm³/mol. The lowest BCUT2D eigenvalue weighted by Crippen LogP contribution is -2.29. The molecule has 1 aromatic carbocycles. The highest BCUT2D eigenvalue weighted by Gasteiger charge is 2.10. The zero-order chi connectivity index (χ0) is 15.1. The van der Waals surface area contributed by atoms with Crippen LogP contribution < -0.4 is 0 Å². The Hall–Kier alpha value is -2.14. The molecule has 0 fully saturated rings. The van der Waals surface area contributed by atoms with Crippen molar-refractivity contribution in [2.75, 3.05) is 20.2 Å². The topological polar surface area (TPSA) is 66.6 Å². The first kappa shape index (κ1) is 15.3. The Morgan fingerprint density at radius 3 is 2.81 bits per heavy atom. The number of oxazole rings is 1. The summed E-state index contributed by atoms with van der Waals surface area (Å²) in [7, 11) is 1.69. The molecule has 21 heavy (non-hydrogen) atoms. The number of aromatic nitrogens is 1. The number of aliphatic hydroxyl groups excluding tert-OH is 1. The van der Waals surface area contributed by atoms with E-state index in [1.165, 1.54) is 4.90 Å². The van der Waals surface area contributed by atoms with Crippen molar-refractivity contribution in [3.8, 4) is 11.3 Å². The molecule has 0 atom stereocenters. The summed E-state index contributed by atoms with van der Waals surface area (Å²) in [5.41, 5.74) is 0.995. The lowest BCUT2D eigenvalue weighted by Gasteiger charge is -2.14. The first-order valence-electron chi connectivity index (χ1n) is 7.05. The summed E-state index contributed by atoms with van der Waals surface area (Å²) >= 11 is 0. The Labute approximate surface area is 124 Å². The van der Waals surface area contributed by atoms with Crippen molar-refractivity contribution in [2.24, 2.45) is 0 Å². The molecule has 2 rings (SSSR count). The van der Waals surface area contributed by atoms with Crippen LogP contribution in [0, 0.1) is 0 Å². The van der Waals surface area contributed by atoms with Gasteiger partial charge in [0.05, 0.1) is 12.8 Å². The zero-order valence-corrected chi connectivity index (χ0v) is 12.2. The van der Waals surface area contributed by atoms with E-state index in [9.17, 15) is 4.79 Å². The average Bonchev–Trinajstić information content (AvgIpc) is 2.97. The number of rotatable bonds is 7. The number of nitrogens with zero attached hydrogens (tertiary/aromatic N) is 2. The molecule has 0 aliphatic rings. The van der Waals surface area contributed by atoms with Gasteiger partial charge < -0.3 is 14.4 Å². The van der Waals surface area contributed by atoms with Gasteiger partial charge in [0.25, 0.3) is 0 Å². The van der Waals surface area contributed by atoms with Crippen LogP contribution in [0.4, 0.5) is 0 Å². The third-order valence-electron chi connectivity index (χ3n) is 3.25. The summed E-state index contributed by atoms with van der Waals surface area (Å²) < 4.78 is 5.68. The molecule has 1 aromatic heterocycles. The monoisotopic (exact) mass is 288 g/mol. The van der Waals surface area contributed by atoms with Crippen LogP contribution in [0.1, 0.15) is 18.7 Å². The van der Waals surface area contributed by atoms with Crippen molar-refractivity contribution >= 4 is 5.91 Å². The van der Waals surface area contributed by atoms with Gasteiger partial charge in [0.1, 0.15) is 0 Å². The average molecular weight is 288 g/mol. The molecule has 0 aliphatic carbocycles. The van der Waals surface area contributed by atoms with E-state index >= 15 is 0 Å². The highest BCUT2D eigenvalue weighted by molar-refractivity contribution is 5.75. The summed E-state index contributed by atoms with van der Waals surface area (Å²) in [5.74, 6) is 1.42. The van der Waals surface area contributed by atoms with E-state index in [0.29, 0.717) is 31.7 Å². The van der Waals surface area contributed by atoms with Crippen LogP contribution in [0.25, 0.3) is 11.3 Å². The van der Waals surface area contributed by atoms with Gasteiger partial charge >= 0.3 is 0 Å². The van der Waals surface area contributed by atoms with Gasteiger partial charge in [-0.05, 0) is 6.42 Å². The predicted octanol–water partition coefficient (Wildman–Crippen LogP) is 2.11. The van der Waals surface area contributed by atoms with Crippen LogP contribution in [-0.2, 0) is 11.2 Å². The molecule has 0 aliphatic heterocycles. The number of hydrogen-bond donors (Lipinski definition) is 1. The van der Waals surface area contributed by atoms with Crippen molar-refractivity contribution in [3.63, 3.8) is 0 Å². The smallest absolute Gasteiger partial charge is 0.222 e. The number of amides is 1. The fraction of sp³-hybridized carbons (Fsp3) is 0.375. The SMILES string of the molecule is CN(CCO)C(=O)CCCc1ncc(-c2ccccc2)o1. The first-order valence-corrected chi connectivity index (χ1v) is 7.05. The van der Waals surface area contributed by atoms with Crippen LogP contribution in [-0.4, -0.2) is 41.1 Å². The summed E-state index contributed by atoms with van der Waals surface area (Å²) in [6.45, 7) is 0.360. The van der Waals surface area contributed by atoms with Gasteiger partial charge in [-0.3, -0.25) is 4.79 Å². The maximum Gasteiger partial charge on any atom is 0.222 e. The van der Waals surface area contributed by atoms with E-state index < -0.39 is 0 Å². The number of aliphatic hydroxyl groups is 1. The van der Waals surface area contributed by atoms with Crippen LogP contribution in [0.5, 0.6) is 0 Å². The number of carbonyl (C=O) groups is 1. The van der Waals surface area contributed by atoms with Crippen molar-refractivity contribution < 1.29 is 14.3 Å². The lowest BCUT2D eigenvalue weighted by atomic mass is 10.2. The Morgan fingerprint density at radius 2 is 2.10 bits per heavy atom. The number of carbonyl (C=O) groups excluding carboxylic acids is 1. The van der Waals surface area contributed by atoms with Gasteiger partial charge in [-0.15, -0.1) is 0 Å². The highest BCUT2D eigenvalue weighted by atomic mass is 16.4. The fourth-order valence-electron chi connectivity index (χ4n) is 2.02. The van der Waals surface area contributed by atoms with Crippen molar-refractivity contribution in [1.82, 2.24) is 9.88 Å². The second-order valence-corrected chi connectivity index (χ2v) is 4.88. The van der Waals surface area contributed by atoms with Crippen LogP contribution in [0.3, 0.4) is 0 Å². The van der Waals surface area contributed by atoms with Gasteiger partial charge in [0.2, 0.25) is 5.91 Å². The molecule has 0 unspecified atom stereocenters. The molecular formula is C16H20N2O3. The molecule has 5 nitrogen and oxygen atoms in total. The van der Waals surface area contributed by atoms with E-state index in [1.54, 1.807) is 13.2 Å². The van der Waals surface area contributed by atoms with Gasteiger partial charge in [-0.2, -0.15) is 0 Å². The van der Waals surface area contributed by atoms with Gasteiger partial charge in [0, 0.05) is 32.0 Å². The first-order chi connectivity index (χ1) is 10.2. The molecule has 0 bridgehead atoms. The molecular weight excluding hydrogens is 268 g/mol. The minimum Gasteiger partial charge on any atom is -0.441 e. The number of hydrogen-bond acceptors (Lipinski definition) is 4. The molecule has 0 saturated carbocycles. The maximum absolute atomic E-state index is 11.7. The van der Waals surface area contributed by atoms with E-state index in [0.717, 1.165) is 11.3 Å². The standard InChI is InChI=1S/C16H20N2O3/c1-18(10-11-19)16(20)9-5-8-15-17-12-14(21-15)13-6-3-2-4-7-13/h2-4,6-7,12,19H,5,8-11H2,1H3. The molecule has 0 spiro atoms. The largest absolute Gasteiger partial charge is 0.441 e. The van der Waals surface area contributed by atoms with Crippen molar-refractivity contribution in [1.29, 1.82) is 0 Å². The molecule has 1 N–H and O–H groups in total. The summed E-state index contributed by atoms with van der Waals surface area (Å²) in [4.78, 5) is 17.5. The summed E-state index contributed by atoms with van der Waals surface area (Å²) in [6.07, 6.45) is 3.46. The quantitative estimate of drug-likeness (QED) is 0.847.